The van der Waals surface area contributed by atoms with E-state index in [1.807, 2.05) is 39.8 Å². The number of carbonyl (C=O) groups is 1. The van der Waals surface area contributed by atoms with Crippen LogP contribution in [0.5, 0.6) is 5.75 Å². The van der Waals surface area contributed by atoms with Crippen molar-refractivity contribution in [3.63, 3.8) is 0 Å². The molecule has 0 saturated carbocycles. The highest BCUT2D eigenvalue weighted by Gasteiger charge is 2.19. The van der Waals surface area contributed by atoms with Crippen LogP contribution in [0.1, 0.15) is 37.3 Å². The monoisotopic (exact) mass is 474 g/mol. The lowest BCUT2D eigenvalue weighted by atomic mass is 9.95. The van der Waals surface area contributed by atoms with Crippen molar-refractivity contribution in [3.05, 3.63) is 64.2 Å². The smallest absolute Gasteiger partial charge is 0.131 e. The highest BCUT2D eigenvalue weighted by molar-refractivity contribution is 7.78. The normalized spacial score (nSPS) is 10.2. The molecule has 0 saturated heterocycles. The van der Waals surface area contributed by atoms with Gasteiger partial charge in [0.1, 0.15) is 24.2 Å². The number of nitrogens with one attached hydrogen (secondary N) is 2. The van der Waals surface area contributed by atoms with E-state index >= 15 is 0 Å². The van der Waals surface area contributed by atoms with Crippen molar-refractivity contribution in [1.29, 1.82) is 0 Å². The number of thiocarbonyl (C=S) groups is 1. The molecule has 0 aliphatic heterocycles. The van der Waals surface area contributed by atoms with Crippen LogP contribution < -0.4 is 15.4 Å². The second-order valence-electron chi connectivity index (χ2n) is 5.82. The van der Waals surface area contributed by atoms with E-state index in [2.05, 4.69) is 22.8 Å². The van der Waals surface area contributed by atoms with Crippen LogP contribution in [0.15, 0.2) is 36.4 Å². The summed E-state index contributed by atoms with van der Waals surface area (Å²) in [5.41, 5.74) is 1.31. The maximum absolute atomic E-state index is 13.6. The summed E-state index contributed by atoms with van der Waals surface area (Å²) in [5.74, 6) is -0.645. The molecule has 0 fully saturated rings. The summed E-state index contributed by atoms with van der Waals surface area (Å²) >= 11 is 10.3. The molecule has 0 radical (unpaired) electrons. The summed E-state index contributed by atoms with van der Waals surface area (Å²) in [4.78, 5) is 8.00. The Hall–Kier alpha value is -1.93. The van der Waals surface area contributed by atoms with E-state index in [1.165, 1.54) is 10.9 Å². The third-order valence-corrected chi connectivity index (χ3v) is 4.23. The summed E-state index contributed by atoms with van der Waals surface area (Å²) in [6.07, 6.45) is 0.436. The molecule has 8 heteroatoms. The summed E-state index contributed by atoms with van der Waals surface area (Å²) < 4.78 is 32.2. The van der Waals surface area contributed by atoms with Crippen LogP contribution >= 0.6 is 23.8 Å². The van der Waals surface area contributed by atoms with Gasteiger partial charge in [-0.1, -0.05) is 49.8 Å². The van der Waals surface area contributed by atoms with Gasteiger partial charge in [0.05, 0.1) is 7.11 Å². The van der Waals surface area contributed by atoms with Crippen molar-refractivity contribution < 1.29 is 18.3 Å². The van der Waals surface area contributed by atoms with Crippen molar-refractivity contribution in [2.24, 2.45) is 0 Å². The van der Waals surface area contributed by atoms with Gasteiger partial charge < -0.3 is 20.2 Å². The van der Waals surface area contributed by atoms with Gasteiger partial charge >= 0.3 is 0 Å². The number of rotatable bonds is 8. The lowest BCUT2D eigenvalue weighted by Crippen LogP contribution is -2.19. The van der Waals surface area contributed by atoms with Gasteiger partial charge in [0.15, 0.2) is 0 Å². The molecule has 0 bridgehead atoms. The van der Waals surface area contributed by atoms with Crippen molar-refractivity contribution >= 4 is 36.0 Å². The number of benzene rings is 2. The van der Waals surface area contributed by atoms with Crippen LogP contribution in [0.3, 0.4) is 0 Å². The predicted octanol–water partition coefficient (Wildman–Crippen LogP) is 5.57. The van der Waals surface area contributed by atoms with Crippen LogP contribution in [0.2, 0.25) is 5.02 Å². The van der Waals surface area contributed by atoms with E-state index in [1.54, 1.807) is 14.2 Å². The van der Waals surface area contributed by atoms with Gasteiger partial charge in [-0.2, -0.15) is 0 Å². The molecule has 1 unspecified atom stereocenters. The van der Waals surface area contributed by atoms with Crippen LogP contribution in [0, 0.1) is 11.6 Å². The fourth-order valence-electron chi connectivity index (χ4n) is 2.56. The summed E-state index contributed by atoms with van der Waals surface area (Å²) in [5, 5.41) is 7.51. The van der Waals surface area contributed by atoms with E-state index in [4.69, 9.17) is 33.4 Å². The van der Waals surface area contributed by atoms with Crippen LogP contribution in [0.25, 0.3) is 0 Å². The number of likely N-dealkylation sites (N-methyl/N-ethyl adjacent to an activating group) is 1. The number of carbonyl (C=O) groups excluding carboxylic acids is 1. The Morgan fingerprint density at radius 3 is 2.00 bits per heavy atom. The second-order valence-corrected chi connectivity index (χ2v) is 6.59. The highest BCUT2D eigenvalue weighted by atomic mass is 35.5. The maximum atomic E-state index is 13.6. The fourth-order valence-corrected chi connectivity index (χ4v) is 2.98. The first kappa shape index (κ1) is 31.3. The van der Waals surface area contributed by atoms with E-state index in [-0.39, 0.29) is 16.5 Å². The Morgan fingerprint density at radius 1 is 1.10 bits per heavy atom. The van der Waals surface area contributed by atoms with Crippen molar-refractivity contribution in [1.82, 2.24) is 10.6 Å². The zero-order valence-electron chi connectivity index (χ0n) is 18.8. The molecular formula is C23H33ClF2N2O2S. The molecule has 0 aliphatic rings. The number of hydrogen-bond acceptors (Lipinski definition) is 5. The molecule has 0 amide bonds. The maximum Gasteiger partial charge on any atom is 0.131 e. The molecule has 1 atom stereocenters. The first-order chi connectivity index (χ1) is 15.0. The average molecular weight is 475 g/mol. The van der Waals surface area contributed by atoms with Gasteiger partial charge in [-0.25, -0.2) is 8.78 Å². The number of hydrogen-bond donors (Lipinski definition) is 2. The van der Waals surface area contributed by atoms with Crippen LogP contribution in [-0.4, -0.2) is 39.9 Å². The minimum Gasteiger partial charge on any atom is -0.497 e. The third kappa shape index (κ3) is 12.5. The van der Waals surface area contributed by atoms with Crippen molar-refractivity contribution in [2.75, 3.05) is 27.7 Å². The Bertz CT molecular complexity index is 711. The molecule has 4 nitrogen and oxygen atoms in total. The molecule has 2 N–H and O–H groups in total. The number of ether oxygens (including phenoxy) is 1. The van der Waals surface area contributed by atoms with E-state index < -0.39 is 11.6 Å². The quantitative estimate of drug-likeness (QED) is 0.490. The van der Waals surface area contributed by atoms with Crippen LogP contribution in [-0.2, 0) is 11.3 Å². The summed E-state index contributed by atoms with van der Waals surface area (Å²) in [6, 6.07) is 10.3. The predicted molar refractivity (Wildman–Crippen MR) is 131 cm³/mol. The first-order valence-electron chi connectivity index (χ1n) is 9.75. The van der Waals surface area contributed by atoms with Crippen molar-refractivity contribution in [3.8, 4) is 5.75 Å². The Kier molecular flexibility index (Phi) is 20.2. The minimum absolute atomic E-state index is 0.0415. The molecular weight excluding hydrogens is 442 g/mol. The van der Waals surface area contributed by atoms with Crippen molar-refractivity contribution in [2.45, 2.75) is 32.7 Å². The zero-order valence-corrected chi connectivity index (χ0v) is 20.4. The molecule has 0 aromatic heterocycles. The standard InChI is InChI=1S/C11H12ClF2NS.C9H13NO.C2H6.CH2O/c1-15-6-7(2-3-16)11-9(13)4-8(12)5-10(11)14;1-10-7-8-3-5-9(11-2)6-4-8;2*1-2/h3-5,7,15H,2,6H2,1H3;3-6,10H,7H2,1-2H3;1-2H3;1H2. The minimum atomic E-state index is -0.623. The van der Waals surface area contributed by atoms with Gasteiger partial charge in [0.25, 0.3) is 0 Å². The molecule has 0 aliphatic carbocycles. The highest BCUT2D eigenvalue weighted by Crippen LogP contribution is 2.27. The molecule has 0 spiro atoms. The van der Waals surface area contributed by atoms with E-state index in [9.17, 15) is 8.78 Å². The second kappa shape index (κ2) is 20.0. The fraction of sp³-hybridized carbons (Fsp3) is 0.391. The molecule has 31 heavy (non-hydrogen) atoms. The van der Waals surface area contributed by atoms with Gasteiger partial charge in [0, 0.05) is 29.6 Å². The van der Waals surface area contributed by atoms with E-state index in [0.29, 0.717) is 13.0 Å². The van der Waals surface area contributed by atoms with Gasteiger partial charge in [-0.05, 0) is 55.7 Å². The van der Waals surface area contributed by atoms with E-state index in [0.717, 1.165) is 24.4 Å². The average Bonchev–Trinajstić information content (AvgIpc) is 2.77. The summed E-state index contributed by atoms with van der Waals surface area (Å²) in [6.45, 7) is 7.37. The molecule has 2 rings (SSSR count). The first-order valence-corrected chi connectivity index (χ1v) is 10.6. The Morgan fingerprint density at radius 2 is 1.61 bits per heavy atom. The Balaban J connectivity index is 0. The topological polar surface area (TPSA) is 50.4 Å². The summed E-state index contributed by atoms with van der Waals surface area (Å²) in [7, 11) is 5.33. The lowest BCUT2D eigenvalue weighted by Gasteiger charge is -2.16. The zero-order chi connectivity index (χ0) is 24.2. The molecule has 174 valence electrons. The van der Waals surface area contributed by atoms with Gasteiger partial charge in [-0.15, -0.1) is 0 Å². The molecule has 2 aromatic rings. The number of methoxy groups -OCH3 is 1. The van der Waals surface area contributed by atoms with Gasteiger partial charge in [0.2, 0.25) is 0 Å². The van der Waals surface area contributed by atoms with Crippen LogP contribution in [0.4, 0.5) is 8.78 Å². The largest absolute Gasteiger partial charge is 0.497 e. The Labute approximate surface area is 195 Å². The van der Waals surface area contributed by atoms with Gasteiger partial charge in [-0.3, -0.25) is 0 Å². The molecule has 0 heterocycles. The lowest BCUT2D eigenvalue weighted by molar-refractivity contribution is -0.0979. The number of halogens is 3. The third-order valence-electron chi connectivity index (χ3n) is 3.82. The molecule has 2 aromatic carbocycles. The SMILES string of the molecule is C=O.CC.CNCC(CC=S)c1c(F)cc(Cl)cc1F.CNCc1ccc(OC)cc1.